The van der Waals surface area contributed by atoms with Crippen molar-refractivity contribution in [2.45, 2.75) is 30.2 Å². The molecule has 1 N–H and O–H groups in total. The number of thioether (sulfide) groups is 1. The number of hydrogen-bond donors (Lipinski definition) is 1. The van der Waals surface area contributed by atoms with Gasteiger partial charge in [0.05, 0.1) is 6.33 Å². The molecule has 0 saturated heterocycles. The summed E-state index contributed by atoms with van der Waals surface area (Å²) >= 11 is 0.460. The molecule has 1 amide bonds. The summed E-state index contributed by atoms with van der Waals surface area (Å²) in [5.74, 6) is -2.68. The number of hydrogen-bond acceptors (Lipinski definition) is 3. The first-order valence-corrected chi connectivity index (χ1v) is 7.24. The van der Waals surface area contributed by atoms with Crippen LogP contribution in [0.15, 0.2) is 47.9 Å². The Morgan fingerprint density at radius 3 is 2.67 bits per heavy atom. The van der Waals surface area contributed by atoms with Gasteiger partial charge in [-0.25, -0.2) is 4.98 Å². The fourth-order valence-electron chi connectivity index (χ4n) is 1.85. The van der Waals surface area contributed by atoms with Crippen LogP contribution in [0.25, 0.3) is 0 Å². The SMILES string of the molecule is CC(Cn1ccnc1)NC(=O)c1ccc(SC(F)F)cc1. The van der Waals surface area contributed by atoms with Crippen LogP contribution in [0, 0.1) is 0 Å². The van der Waals surface area contributed by atoms with Crippen molar-refractivity contribution in [1.29, 1.82) is 0 Å². The van der Waals surface area contributed by atoms with Crippen molar-refractivity contribution in [1.82, 2.24) is 14.9 Å². The van der Waals surface area contributed by atoms with E-state index in [0.29, 0.717) is 28.8 Å². The highest BCUT2D eigenvalue weighted by Gasteiger charge is 2.11. The summed E-state index contributed by atoms with van der Waals surface area (Å²) in [4.78, 5) is 16.4. The fraction of sp³-hybridized carbons (Fsp3) is 0.286. The zero-order chi connectivity index (χ0) is 15.2. The molecule has 1 unspecified atom stereocenters. The van der Waals surface area contributed by atoms with E-state index >= 15 is 0 Å². The second kappa shape index (κ2) is 7.21. The number of nitrogens with one attached hydrogen (secondary N) is 1. The lowest BCUT2D eigenvalue weighted by Crippen LogP contribution is -2.35. The Balaban J connectivity index is 1.90. The number of nitrogens with zero attached hydrogens (tertiary/aromatic N) is 2. The van der Waals surface area contributed by atoms with Gasteiger partial charge in [0.1, 0.15) is 0 Å². The monoisotopic (exact) mass is 311 g/mol. The lowest BCUT2D eigenvalue weighted by atomic mass is 10.2. The Kier molecular flexibility index (Phi) is 5.32. The van der Waals surface area contributed by atoms with Crippen molar-refractivity contribution < 1.29 is 13.6 Å². The number of halogens is 2. The molecule has 0 fully saturated rings. The molecule has 4 nitrogen and oxygen atoms in total. The highest BCUT2D eigenvalue weighted by molar-refractivity contribution is 7.99. The molecular formula is C14H15F2N3OS. The van der Waals surface area contributed by atoms with Gasteiger partial charge < -0.3 is 9.88 Å². The number of aromatic nitrogens is 2. The first kappa shape index (κ1) is 15.5. The maximum atomic E-state index is 12.2. The smallest absolute Gasteiger partial charge is 0.288 e. The van der Waals surface area contributed by atoms with Gasteiger partial charge in [-0.2, -0.15) is 8.78 Å². The molecule has 0 aliphatic rings. The van der Waals surface area contributed by atoms with Gasteiger partial charge in [-0.05, 0) is 31.2 Å². The minimum atomic E-state index is -2.46. The van der Waals surface area contributed by atoms with Gasteiger partial charge in [-0.1, -0.05) is 11.8 Å². The minimum absolute atomic E-state index is 0.0678. The van der Waals surface area contributed by atoms with Crippen molar-refractivity contribution in [3.05, 3.63) is 48.5 Å². The van der Waals surface area contributed by atoms with Gasteiger partial charge in [0, 0.05) is 35.4 Å². The minimum Gasteiger partial charge on any atom is -0.348 e. The van der Waals surface area contributed by atoms with E-state index in [1.54, 1.807) is 24.7 Å². The molecule has 112 valence electrons. The normalized spacial score (nSPS) is 12.4. The number of rotatable bonds is 6. The molecule has 7 heteroatoms. The Labute approximate surface area is 125 Å². The maximum Gasteiger partial charge on any atom is 0.288 e. The number of amides is 1. The highest BCUT2D eigenvalue weighted by Crippen LogP contribution is 2.25. The molecule has 0 radical (unpaired) electrons. The maximum absolute atomic E-state index is 12.2. The van der Waals surface area contributed by atoms with Crippen LogP contribution in [0.1, 0.15) is 17.3 Å². The zero-order valence-electron chi connectivity index (χ0n) is 11.4. The number of carbonyl (C=O) groups excluding carboxylic acids is 1. The third-order valence-electron chi connectivity index (χ3n) is 2.76. The van der Waals surface area contributed by atoms with E-state index in [1.807, 2.05) is 17.7 Å². The molecule has 1 heterocycles. The van der Waals surface area contributed by atoms with Gasteiger partial charge >= 0.3 is 0 Å². The molecule has 0 spiro atoms. The first-order valence-electron chi connectivity index (χ1n) is 6.36. The van der Waals surface area contributed by atoms with Crippen molar-refractivity contribution in [3.8, 4) is 0 Å². The Hall–Kier alpha value is -1.89. The topological polar surface area (TPSA) is 46.9 Å². The molecular weight excluding hydrogens is 296 g/mol. The molecule has 1 aromatic carbocycles. The van der Waals surface area contributed by atoms with Gasteiger partial charge in [-0.15, -0.1) is 0 Å². The van der Waals surface area contributed by atoms with Crippen LogP contribution in [-0.4, -0.2) is 27.3 Å². The van der Waals surface area contributed by atoms with Crippen molar-refractivity contribution in [3.63, 3.8) is 0 Å². The Morgan fingerprint density at radius 1 is 1.38 bits per heavy atom. The summed E-state index contributed by atoms with van der Waals surface area (Å²) in [5.41, 5.74) is 0.450. The molecule has 2 aromatic rings. The second-order valence-electron chi connectivity index (χ2n) is 4.54. The summed E-state index contributed by atoms with van der Waals surface area (Å²) in [7, 11) is 0. The quantitative estimate of drug-likeness (QED) is 0.834. The average molecular weight is 311 g/mol. The predicted octanol–water partition coefficient (Wildman–Crippen LogP) is 3.02. The van der Waals surface area contributed by atoms with Crippen LogP contribution in [0.2, 0.25) is 0 Å². The Morgan fingerprint density at radius 2 is 2.10 bits per heavy atom. The van der Waals surface area contributed by atoms with Crippen molar-refractivity contribution >= 4 is 17.7 Å². The van der Waals surface area contributed by atoms with Gasteiger partial charge in [-0.3, -0.25) is 4.79 Å². The summed E-state index contributed by atoms with van der Waals surface area (Å²) in [6.45, 7) is 2.50. The van der Waals surface area contributed by atoms with Crippen molar-refractivity contribution in [2.75, 3.05) is 0 Å². The van der Waals surface area contributed by atoms with Gasteiger partial charge in [0.15, 0.2) is 0 Å². The summed E-state index contributed by atoms with van der Waals surface area (Å²) in [6, 6.07) is 6.06. The van der Waals surface area contributed by atoms with Crippen LogP contribution in [-0.2, 0) is 6.54 Å². The zero-order valence-corrected chi connectivity index (χ0v) is 12.2. The first-order chi connectivity index (χ1) is 10.0. The van der Waals surface area contributed by atoms with Crippen LogP contribution in [0.3, 0.4) is 0 Å². The largest absolute Gasteiger partial charge is 0.348 e. The average Bonchev–Trinajstić information content (AvgIpc) is 2.91. The molecule has 1 atom stereocenters. The second-order valence-corrected chi connectivity index (χ2v) is 5.60. The molecule has 0 saturated carbocycles. The standard InChI is InChI=1S/C14H15F2N3OS/c1-10(8-19-7-6-17-9-19)18-13(20)11-2-4-12(5-3-11)21-14(15)16/h2-7,9-10,14H,8H2,1H3,(H,18,20). The fourth-order valence-corrected chi connectivity index (χ4v) is 2.35. The lowest BCUT2D eigenvalue weighted by Gasteiger charge is -2.14. The number of imidazole rings is 1. The summed E-state index contributed by atoms with van der Waals surface area (Å²) in [6.07, 6.45) is 5.17. The summed E-state index contributed by atoms with van der Waals surface area (Å²) in [5, 5.41) is 2.85. The molecule has 0 aliphatic carbocycles. The van der Waals surface area contributed by atoms with E-state index in [2.05, 4.69) is 10.3 Å². The highest BCUT2D eigenvalue weighted by atomic mass is 32.2. The van der Waals surface area contributed by atoms with Crippen LogP contribution < -0.4 is 5.32 Å². The number of benzene rings is 1. The summed E-state index contributed by atoms with van der Waals surface area (Å²) < 4.78 is 26.3. The van der Waals surface area contributed by atoms with Crippen LogP contribution in [0.5, 0.6) is 0 Å². The van der Waals surface area contributed by atoms with Crippen LogP contribution >= 0.6 is 11.8 Å². The molecule has 2 rings (SSSR count). The third kappa shape index (κ3) is 4.86. The lowest BCUT2D eigenvalue weighted by molar-refractivity contribution is 0.0936. The van der Waals surface area contributed by atoms with E-state index in [9.17, 15) is 13.6 Å². The Bertz CT molecular complexity index is 572. The number of carbonyl (C=O) groups is 1. The molecule has 21 heavy (non-hydrogen) atoms. The van der Waals surface area contributed by atoms with E-state index < -0.39 is 5.76 Å². The van der Waals surface area contributed by atoms with Gasteiger partial charge in [0.25, 0.3) is 11.7 Å². The number of alkyl halides is 2. The van der Waals surface area contributed by atoms with Crippen molar-refractivity contribution in [2.24, 2.45) is 0 Å². The third-order valence-corrected chi connectivity index (χ3v) is 3.49. The predicted molar refractivity (Wildman–Crippen MR) is 77.5 cm³/mol. The van der Waals surface area contributed by atoms with E-state index in [-0.39, 0.29) is 11.9 Å². The van der Waals surface area contributed by atoms with E-state index in [4.69, 9.17) is 0 Å². The van der Waals surface area contributed by atoms with Crippen LogP contribution in [0.4, 0.5) is 8.78 Å². The van der Waals surface area contributed by atoms with Gasteiger partial charge in [0.2, 0.25) is 0 Å². The molecule has 0 aliphatic heterocycles. The van der Waals surface area contributed by atoms with E-state index in [1.165, 1.54) is 12.1 Å². The molecule has 0 bridgehead atoms. The van der Waals surface area contributed by atoms with E-state index in [0.717, 1.165) is 0 Å². The molecule has 1 aromatic heterocycles.